The molecule has 0 spiro atoms. The van der Waals surface area contributed by atoms with E-state index in [1.807, 2.05) is 13.8 Å². The Kier molecular flexibility index (Phi) is 4.66. The van der Waals surface area contributed by atoms with Crippen molar-refractivity contribution in [1.82, 2.24) is 4.90 Å². The van der Waals surface area contributed by atoms with Gasteiger partial charge in [0.2, 0.25) is 11.8 Å². The van der Waals surface area contributed by atoms with E-state index in [1.54, 1.807) is 0 Å². The molecule has 96 valence electrons. The summed E-state index contributed by atoms with van der Waals surface area (Å²) in [5, 5.41) is 0. The summed E-state index contributed by atoms with van der Waals surface area (Å²) in [6, 6.07) is -0.348. The smallest absolute Gasteiger partial charge is 0.302 e. The molecule has 0 unspecified atom stereocenters. The fourth-order valence-corrected chi connectivity index (χ4v) is 1.91. The third-order valence-electron chi connectivity index (χ3n) is 2.88. The van der Waals surface area contributed by atoms with Crippen molar-refractivity contribution in [3.05, 3.63) is 0 Å². The molecule has 5 nitrogen and oxygen atoms in total. The van der Waals surface area contributed by atoms with E-state index < -0.39 is 5.97 Å². The first kappa shape index (κ1) is 13.7. The average Bonchev–Trinajstić information content (AvgIpc) is 2.21. The van der Waals surface area contributed by atoms with Crippen molar-refractivity contribution >= 4 is 17.8 Å². The van der Waals surface area contributed by atoms with Crippen LogP contribution in [0.2, 0.25) is 0 Å². The van der Waals surface area contributed by atoms with Crippen molar-refractivity contribution in [3.8, 4) is 0 Å². The molecule has 0 aromatic heterocycles. The molecule has 0 saturated carbocycles. The van der Waals surface area contributed by atoms with Gasteiger partial charge in [-0.2, -0.15) is 0 Å². The Labute approximate surface area is 101 Å². The fourth-order valence-electron chi connectivity index (χ4n) is 1.91. The normalized spacial score (nSPS) is 18.5. The number of carbonyl (C=O) groups excluding carboxylic acids is 3. The molecule has 17 heavy (non-hydrogen) atoms. The maximum absolute atomic E-state index is 11.8. The lowest BCUT2D eigenvalue weighted by atomic mass is 9.99. The quantitative estimate of drug-likeness (QED) is 0.546. The number of esters is 1. The van der Waals surface area contributed by atoms with Crippen molar-refractivity contribution in [2.45, 2.75) is 46.1 Å². The molecule has 0 bridgehead atoms. The highest BCUT2D eigenvalue weighted by molar-refractivity contribution is 5.97. The molecule has 5 heteroatoms. The van der Waals surface area contributed by atoms with Crippen LogP contribution in [-0.4, -0.2) is 35.3 Å². The molecule has 2 amide bonds. The van der Waals surface area contributed by atoms with Gasteiger partial charge in [0.1, 0.15) is 6.61 Å². The van der Waals surface area contributed by atoms with Crippen molar-refractivity contribution in [3.63, 3.8) is 0 Å². The van der Waals surface area contributed by atoms with Gasteiger partial charge in [0.25, 0.3) is 0 Å². The molecule has 1 aliphatic rings. The lowest BCUT2D eigenvalue weighted by Gasteiger charge is -2.34. The van der Waals surface area contributed by atoms with Gasteiger partial charge in [0.05, 0.1) is 6.04 Å². The highest BCUT2D eigenvalue weighted by Gasteiger charge is 2.34. The van der Waals surface area contributed by atoms with E-state index in [1.165, 1.54) is 11.8 Å². The predicted molar refractivity (Wildman–Crippen MR) is 61.0 cm³/mol. The van der Waals surface area contributed by atoms with Crippen molar-refractivity contribution < 1.29 is 19.1 Å². The van der Waals surface area contributed by atoms with Gasteiger partial charge < -0.3 is 4.74 Å². The second-order valence-corrected chi connectivity index (χ2v) is 4.62. The first-order chi connectivity index (χ1) is 7.93. The minimum Gasteiger partial charge on any atom is -0.464 e. The molecule has 1 aliphatic heterocycles. The first-order valence-electron chi connectivity index (χ1n) is 5.91. The number of hydrogen-bond donors (Lipinski definition) is 0. The summed E-state index contributed by atoms with van der Waals surface area (Å²) in [6.07, 6.45) is 1.41. The van der Waals surface area contributed by atoms with Gasteiger partial charge in [-0.3, -0.25) is 19.3 Å². The topological polar surface area (TPSA) is 63.7 Å². The fraction of sp³-hybridized carbons (Fsp3) is 0.750. The number of ether oxygens (including phenoxy) is 1. The molecular formula is C12H19NO4. The Morgan fingerprint density at radius 1 is 1.29 bits per heavy atom. The lowest BCUT2D eigenvalue weighted by Crippen LogP contribution is -2.51. The zero-order valence-electron chi connectivity index (χ0n) is 10.6. The molecular weight excluding hydrogens is 222 g/mol. The molecule has 1 rings (SSSR count). The van der Waals surface area contributed by atoms with E-state index in [0.717, 1.165) is 0 Å². The number of hydrogen-bond acceptors (Lipinski definition) is 4. The number of imide groups is 1. The van der Waals surface area contributed by atoms with Gasteiger partial charge in [-0.25, -0.2) is 0 Å². The van der Waals surface area contributed by atoms with Crippen LogP contribution in [0.15, 0.2) is 0 Å². The van der Waals surface area contributed by atoms with Crippen LogP contribution in [0.3, 0.4) is 0 Å². The van der Waals surface area contributed by atoms with Crippen LogP contribution in [0.5, 0.6) is 0 Å². The molecule has 1 saturated heterocycles. The molecule has 0 aromatic carbocycles. The zero-order chi connectivity index (χ0) is 13.0. The molecule has 1 fully saturated rings. The molecule has 1 atom stereocenters. The SMILES string of the molecule is CC(=O)OC[C@H](C(C)C)N1C(=O)CCCC1=O. The van der Waals surface area contributed by atoms with Gasteiger partial charge >= 0.3 is 5.97 Å². The Hall–Kier alpha value is -1.39. The second-order valence-electron chi connectivity index (χ2n) is 4.62. The van der Waals surface area contributed by atoms with Gasteiger partial charge in [0, 0.05) is 19.8 Å². The summed E-state index contributed by atoms with van der Waals surface area (Å²) in [5.74, 6) is -0.646. The minimum absolute atomic E-state index is 0.0698. The van der Waals surface area contributed by atoms with E-state index in [4.69, 9.17) is 4.74 Å². The van der Waals surface area contributed by atoms with Crippen LogP contribution in [-0.2, 0) is 19.1 Å². The zero-order valence-corrected chi connectivity index (χ0v) is 10.6. The Balaban J connectivity index is 2.77. The monoisotopic (exact) mass is 241 g/mol. The van der Waals surface area contributed by atoms with E-state index in [-0.39, 0.29) is 30.4 Å². The van der Waals surface area contributed by atoms with Crippen LogP contribution in [0, 0.1) is 5.92 Å². The number of piperidine rings is 1. The van der Waals surface area contributed by atoms with Crippen molar-refractivity contribution in [2.75, 3.05) is 6.61 Å². The third kappa shape index (κ3) is 3.54. The summed E-state index contributed by atoms with van der Waals surface area (Å²) in [7, 11) is 0. The maximum Gasteiger partial charge on any atom is 0.302 e. The molecule has 0 aromatic rings. The van der Waals surface area contributed by atoms with E-state index in [2.05, 4.69) is 0 Å². The number of nitrogens with zero attached hydrogens (tertiary/aromatic N) is 1. The summed E-state index contributed by atoms with van der Waals surface area (Å²) < 4.78 is 4.93. The largest absolute Gasteiger partial charge is 0.464 e. The summed E-state index contributed by atoms with van der Waals surface area (Å²) in [4.78, 5) is 35.6. The number of carbonyl (C=O) groups is 3. The maximum atomic E-state index is 11.8. The molecule has 0 radical (unpaired) electrons. The van der Waals surface area contributed by atoms with Crippen molar-refractivity contribution in [2.24, 2.45) is 5.92 Å². The second kappa shape index (κ2) is 5.80. The molecule has 0 N–H and O–H groups in total. The average molecular weight is 241 g/mol. The number of amides is 2. The summed E-state index contributed by atoms with van der Waals surface area (Å²) in [6.45, 7) is 5.22. The lowest BCUT2D eigenvalue weighted by molar-refractivity contribution is -0.157. The highest BCUT2D eigenvalue weighted by atomic mass is 16.5. The van der Waals surface area contributed by atoms with Crippen LogP contribution in [0.1, 0.15) is 40.0 Å². The van der Waals surface area contributed by atoms with Gasteiger partial charge in [-0.1, -0.05) is 13.8 Å². The van der Waals surface area contributed by atoms with E-state index in [9.17, 15) is 14.4 Å². The Morgan fingerprint density at radius 3 is 2.24 bits per heavy atom. The van der Waals surface area contributed by atoms with Gasteiger partial charge in [-0.15, -0.1) is 0 Å². The predicted octanol–water partition coefficient (Wildman–Crippen LogP) is 1.11. The van der Waals surface area contributed by atoms with E-state index in [0.29, 0.717) is 19.3 Å². The van der Waals surface area contributed by atoms with Gasteiger partial charge in [0.15, 0.2) is 0 Å². The summed E-state index contributed by atoms with van der Waals surface area (Å²) in [5.41, 5.74) is 0. The minimum atomic E-state index is -0.396. The number of likely N-dealkylation sites (tertiary alicyclic amines) is 1. The van der Waals surface area contributed by atoms with Crippen molar-refractivity contribution in [1.29, 1.82) is 0 Å². The third-order valence-corrected chi connectivity index (χ3v) is 2.88. The Morgan fingerprint density at radius 2 is 1.82 bits per heavy atom. The first-order valence-corrected chi connectivity index (χ1v) is 5.91. The van der Waals surface area contributed by atoms with Gasteiger partial charge in [-0.05, 0) is 12.3 Å². The molecule has 0 aliphatic carbocycles. The molecule has 1 heterocycles. The van der Waals surface area contributed by atoms with Crippen LogP contribution in [0.25, 0.3) is 0 Å². The standard InChI is InChI=1S/C12H19NO4/c1-8(2)10(7-17-9(3)14)13-11(15)5-4-6-12(13)16/h8,10H,4-7H2,1-3H3/t10-/m1/s1. The van der Waals surface area contributed by atoms with Crippen LogP contribution < -0.4 is 0 Å². The van der Waals surface area contributed by atoms with E-state index >= 15 is 0 Å². The highest BCUT2D eigenvalue weighted by Crippen LogP contribution is 2.20. The number of rotatable bonds is 4. The Bertz CT molecular complexity index is 308. The summed E-state index contributed by atoms with van der Waals surface area (Å²) >= 11 is 0. The van der Waals surface area contributed by atoms with Crippen LogP contribution >= 0.6 is 0 Å². The van der Waals surface area contributed by atoms with Crippen LogP contribution in [0.4, 0.5) is 0 Å².